The number of hydrogen-bond acceptors (Lipinski definition) is 1. The maximum absolute atomic E-state index is 12.4. The molecule has 2 nitrogen and oxygen atoms in total. The Morgan fingerprint density at radius 1 is 1.19 bits per heavy atom. The molecule has 4 aliphatic rings. The molecule has 0 unspecified atom stereocenters. The molecule has 0 N–H and O–H groups in total. The highest BCUT2D eigenvalue weighted by Crippen LogP contribution is 2.64. The van der Waals surface area contributed by atoms with E-state index in [0.717, 1.165) is 31.1 Å². The van der Waals surface area contributed by atoms with Gasteiger partial charge in [-0.1, -0.05) is 15.9 Å². The van der Waals surface area contributed by atoms with Gasteiger partial charge in [0.05, 0.1) is 5.41 Å². The summed E-state index contributed by atoms with van der Waals surface area (Å²) >= 11 is 3.94. The summed E-state index contributed by atoms with van der Waals surface area (Å²) in [6.07, 6.45) is 7.33. The molecule has 4 fully saturated rings. The first-order valence-electron chi connectivity index (χ1n) is 6.33. The van der Waals surface area contributed by atoms with Gasteiger partial charge in [-0.3, -0.25) is 4.79 Å². The molecule has 2 atom stereocenters. The molecule has 0 aromatic rings. The van der Waals surface area contributed by atoms with Crippen LogP contribution in [-0.2, 0) is 4.79 Å². The first kappa shape index (κ1) is 11.1. The van der Waals surface area contributed by atoms with Crippen molar-refractivity contribution in [2.45, 2.75) is 42.8 Å². The average molecular weight is 286 g/mol. The van der Waals surface area contributed by atoms with Crippen molar-refractivity contribution >= 4 is 21.8 Å². The molecular formula is C13H20BrNO. The Labute approximate surface area is 106 Å². The molecule has 0 saturated heterocycles. The normalized spacial score (nSPS) is 49.4. The van der Waals surface area contributed by atoms with E-state index in [0.29, 0.717) is 10.2 Å². The summed E-state index contributed by atoms with van der Waals surface area (Å²) in [4.78, 5) is 14.3. The van der Waals surface area contributed by atoms with Crippen LogP contribution >= 0.6 is 15.9 Å². The highest BCUT2D eigenvalue weighted by atomic mass is 79.9. The van der Waals surface area contributed by atoms with Crippen molar-refractivity contribution < 1.29 is 4.79 Å². The third-order valence-electron chi connectivity index (χ3n) is 4.85. The molecule has 0 spiro atoms. The van der Waals surface area contributed by atoms with Crippen molar-refractivity contribution in [2.24, 2.45) is 17.3 Å². The molecule has 0 aromatic heterocycles. The SMILES string of the molecule is CN(C)C(=O)C12C[C@@H]3C[C@H](CC(Br)(C3)C1)C2. The quantitative estimate of drug-likeness (QED) is 0.679. The lowest BCUT2D eigenvalue weighted by molar-refractivity contribution is -0.152. The molecule has 4 aliphatic carbocycles. The van der Waals surface area contributed by atoms with Gasteiger partial charge in [0.15, 0.2) is 0 Å². The Bertz CT molecular complexity index is 325. The highest BCUT2D eigenvalue weighted by Gasteiger charge is 2.59. The topological polar surface area (TPSA) is 20.3 Å². The Balaban J connectivity index is 1.95. The molecule has 0 heterocycles. The van der Waals surface area contributed by atoms with Crippen LogP contribution in [0.1, 0.15) is 38.5 Å². The van der Waals surface area contributed by atoms with E-state index in [-0.39, 0.29) is 5.41 Å². The molecule has 90 valence electrons. The summed E-state index contributed by atoms with van der Waals surface area (Å²) in [6.45, 7) is 0. The van der Waals surface area contributed by atoms with E-state index < -0.39 is 0 Å². The van der Waals surface area contributed by atoms with Crippen LogP contribution in [0.3, 0.4) is 0 Å². The van der Waals surface area contributed by atoms with Crippen LogP contribution in [0.2, 0.25) is 0 Å². The van der Waals surface area contributed by atoms with Crippen molar-refractivity contribution in [2.75, 3.05) is 14.1 Å². The van der Waals surface area contributed by atoms with Gasteiger partial charge < -0.3 is 4.90 Å². The molecule has 16 heavy (non-hydrogen) atoms. The van der Waals surface area contributed by atoms with Gasteiger partial charge in [0.1, 0.15) is 0 Å². The molecule has 1 amide bonds. The van der Waals surface area contributed by atoms with E-state index in [9.17, 15) is 4.79 Å². The lowest BCUT2D eigenvalue weighted by Crippen LogP contribution is -2.58. The van der Waals surface area contributed by atoms with E-state index in [1.54, 1.807) is 0 Å². The van der Waals surface area contributed by atoms with Crippen LogP contribution in [-0.4, -0.2) is 29.2 Å². The maximum Gasteiger partial charge on any atom is 0.228 e. The third-order valence-corrected chi connectivity index (χ3v) is 5.78. The summed E-state index contributed by atoms with van der Waals surface area (Å²) in [7, 11) is 3.81. The monoisotopic (exact) mass is 285 g/mol. The number of amides is 1. The zero-order valence-electron chi connectivity index (χ0n) is 10.1. The summed E-state index contributed by atoms with van der Waals surface area (Å²) in [6, 6.07) is 0. The van der Waals surface area contributed by atoms with Crippen molar-refractivity contribution in [3.05, 3.63) is 0 Å². The van der Waals surface area contributed by atoms with Gasteiger partial charge >= 0.3 is 0 Å². The number of halogens is 1. The Kier molecular flexibility index (Phi) is 2.24. The number of nitrogens with zero attached hydrogens (tertiary/aromatic N) is 1. The van der Waals surface area contributed by atoms with Gasteiger partial charge in [0, 0.05) is 18.4 Å². The van der Waals surface area contributed by atoms with Gasteiger partial charge in [-0.25, -0.2) is 0 Å². The van der Waals surface area contributed by atoms with Crippen molar-refractivity contribution in [1.82, 2.24) is 4.90 Å². The predicted octanol–water partition coefficient (Wildman–Crippen LogP) is 2.81. The van der Waals surface area contributed by atoms with E-state index in [4.69, 9.17) is 0 Å². The number of hydrogen-bond donors (Lipinski definition) is 0. The zero-order chi connectivity index (χ0) is 11.6. The minimum absolute atomic E-state index is 0.0168. The first-order chi connectivity index (χ1) is 7.42. The molecule has 0 radical (unpaired) electrons. The summed E-state index contributed by atoms with van der Waals surface area (Å²) in [5.41, 5.74) is -0.0168. The van der Waals surface area contributed by atoms with E-state index in [1.807, 2.05) is 19.0 Å². The zero-order valence-corrected chi connectivity index (χ0v) is 11.7. The highest BCUT2D eigenvalue weighted by molar-refractivity contribution is 9.10. The van der Waals surface area contributed by atoms with Gasteiger partial charge in [-0.15, -0.1) is 0 Å². The fraction of sp³-hybridized carbons (Fsp3) is 0.923. The second-order valence-corrected chi connectivity index (χ2v) is 8.27. The standard InChI is InChI=1S/C13H20BrNO/c1-15(2)11(16)12-4-9-3-10(5-12)7-13(14,6-9)8-12/h9-10H,3-8H2,1-2H3/t9-,10-,12?,13?/m0/s1. The molecule has 0 aromatic carbocycles. The van der Waals surface area contributed by atoms with Crippen LogP contribution in [0.5, 0.6) is 0 Å². The van der Waals surface area contributed by atoms with Crippen LogP contribution < -0.4 is 0 Å². The molecule has 4 rings (SSSR count). The van der Waals surface area contributed by atoms with Crippen molar-refractivity contribution in [1.29, 1.82) is 0 Å². The minimum atomic E-state index is -0.0168. The second kappa shape index (κ2) is 3.24. The van der Waals surface area contributed by atoms with Crippen LogP contribution in [0.15, 0.2) is 0 Å². The molecule has 3 heteroatoms. The summed E-state index contributed by atoms with van der Waals surface area (Å²) in [5, 5.41) is 0. The maximum atomic E-state index is 12.4. The van der Waals surface area contributed by atoms with Gasteiger partial charge in [-0.2, -0.15) is 0 Å². The fourth-order valence-corrected chi connectivity index (χ4v) is 6.33. The van der Waals surface area contributed by atoms with Crippen LogP contribution in [0, 0.1) is 17.3 Å². The average Bonchev–Trinajstić information content (AvgIpc) is 2.12. The van der Waals surface area contributed by atoms with E-state index >= 15 is 0 Å². The van der Waals surface area contributed by atoms with Crippen LogP contribution in [0.25, 0.3) is 0 Å². The van der Waals surface area contributed by atoms with Gasteiger partial charge in [-0.05, 0) is 50.4 Å². The largest absolute Gasteiger partial charge is 0.348 e. The Morgan fingerprint density at radius 3 is 2.19 bits per heavy atom. The first-order valence-corrected chi connectivity index (χ1v) is 7.12. The second-order valence-electron chi connectivity index (χ2n) is 6.59. The molecule has 4 bridgehead atoms. The number of alkyl halides is 1. The lowest BCUT2D eigenvalue weighted by atomic mass is 9.49. The van der Waals surface area contributed by atoms with Crippen LogP contribution in [0.4, 0.5) is 0 Å². The number of carbonyl (C=O) groups is 1. The number of carbonyl (C=O) groups excluding carboxylic acids is 1. The number of rotatable bonds is 1. The van der Waals surface area contributed by atoms with Crippen molar-refractivity contribution in [3.8, 4) is 0 Å². The molecule has 4 saturated carbocycles. The lowest BCUT2D eigenvalue weighted by Gasteiger charge is -2.59. The predicted molar refractivity (Wildman–Crippen MR) is 67.5 cm³/mol. The molecular weight excluding hydrogens is 266 g/mol. The fourth-order valence-electron chi connectivity index (χ4n) is 4.88. The Hall–Kier alpha value is -0.0500. The van der Waals surface area contributed by atoms with Crippen molar-refractivity contribution in [3.63, 3.8) is 0 Å². The van der Waals surface area contributed by atoms with Gasteiger partial charge in [0.2, 0.25) is 5.91 Å². The molecule has 0 aliphatic heterocycles. The van der Waals surface area contributed by atoms with E-state index in [2.05, 4.69) is 15.9 Å². The minimum Gasteiger partial charge on any atom is -0.348 e. The van der Waals surface area contributed by atoms with E-state index in [1.165, 1.54) is 19.3 Å². The summed E-state index contributed by atoms with van der Waals surface area (Å²) in [5.74, 6) is 1.97. The summed E-state index contributed by atoms with van der Waals surface area (Å²) < 4.78 is 0.294. The third kappa shape index (κ3) is 1.47. The Morgan fingerprint density at radius 2 is 1.75 bits per heavy atom. The van der Waals surface area contributed by atoms with Gasteiger partial charge in [0.25, 0.3) is 0 Å². The smallest absolute Gasteiger partial charge is 0.228 e.